The molecule has 0 aliphatic carbocycles. The van der Waals surface area contributed by atoms with E-state index in [1.165, 1.54) is 0 Å². The van der Waals surface area contributed by atoms with Crippen LogP contribution in [0.25, 0.3) is 0 Å². The number of rotatable bonds is 3. The molecule has 0 aromatic carbocycles. The number of carbonyl (C=O) groups is 1. The molecule has 1 aromatic heterocycles. The van der Waals surface area contributed by atoms with Crippen molar-refractivity contribution in [2.45, 2.75) is 12.6 Å². The van der Waals surface area contributed by atoms with E-state index >= 15 is 0 Å². The summed E-state index contributed by atoms with van der Waals surface area (Å²) in [5.74, 6) is 0.120. The lowest BCUT2D eigenvalue weighted by molar-refractivity contribution is -0.135. The molecule has 1 amide bonds. The van der Waals surface area contributed by atoms with Crippen LogP contribution < -0.4 is 5.32 Å². The molecular formula is C13H19ClN4O. The van der Waals surface area contributed by atoms with Crippen molar-refractivity contribution in [3.8, 4) is 0 Å². The van der Waals surface area contributed by atoms with E-state index in [9.17, 15) is 4.79 Å². The fourth-order valence-corrected chi connectivity index (χ4v) is 2.40. The molecule has 1 aliphatic rings. The second kappa shape index (κ2) is 6.32. The molecule has 6 heteroatoms. The molecular weight excluding hydrogens is 264 g/mol. The average Bonchev–Trinajstić information content (AvgIpc) is 2.38. The number of likely N-dealkylation sites (N-methyl/N-ethyl adjacent to an activating group) is 1. The van der Waals surface area contributed by atoms with Crippen LogP contribution in [-0.2, 0) is 11.3 Å². The summed E-state index contributed by atoms with van der Waals surface area (Å²) < 4.78 is 0. The molecule has 0 spiro atoms. The van der Waals surface area contributed by atoms with Gasteiger partial charge in [0.1, 0.15) is 11.2 Å². The Hall–Kier alpha value is -1.17. The van der Waals surface area contributed by atoms with E-state index in [4.69, 9.17) is 11.6 Å². The highest BCUT2D eigenvalue weighted by Gasteiger charge is 2.29. The minimum absolute atomic E-state index is 0.120. The van der Waals surface area contributed by atoms with Gasteiger partial charge < -0.3 is 10.2 Å². The van der Waals surface area contributed by atoms with Crippen LogP contribution in [0.2, 0.25) is 5.15 Å². The molecule has 1 aliphatic heterocycles. The number of carbonyl (C=O) groups excluding carboxylic acids is 1. The second-order valence-electron chi connectivity index (χ2n) is 4.87. The predicted octanol–water partition coefficient (Wildman–Crippen LogP) is 0.597. The zero-order valence-electron chi connectivity index (χ0n) is 11.3. The molecule has 1 N–H and O–H groups in total. The van der Waals surface area contributed by atoms with Crippen LogP contribution in [-0.4, -0.2) is 60.5 Å². The molecule has 2 heterocycles. The van der Waals surface area contributed by atoms with Crippen molar-refractivity contribution in [2.75, 3.05) is 33.7 Å². The highest BCUT2D eigenvalue weighted by molar-refractivity contribution is 6.29. The number of amides is 1. The molecule has 1 aromatic rings. The van der Waals surface area contributed by atoms with Crippen molar-refractivity contribution in [3.05, 3.63) is 29.0 Å². The Balaban J connectivity index is 2.09. The van der Waals surface area contributed by atoms with E-state index in [2.05, 4.69) is 15.2 Å². The molecule has 0 bridgehead atoms. The highest BCUT2D eigenvalue weighted by Crippen LogP contribution is 2.12. The smallest absolute Gasteiger partial charge is 0.240 e. The summed E-state index contributed by atoms with van der Waals surface area (Å²) in [6.07, 6.45) is 0. The van der Waals surface area contributed by atoms with Crippen LogP contribution in [0.1, 0.15) is 5.69 Å². The van der Waals surface area contributed by atoms with Gasteiger partial charge in [-0.1, -0.05) is 17.7 Å². The molecule has 5 nitrogen and oxygen atoms in total. The lowest BCUT2D eigenvalue weighted by Gasteiger charge is -2.36. The van der Waals surface area contributed by atoms with E-state index in [1.807, 2.05) is 12.1 Å². The van der Waals surface area contributed by atoms with Crippen LogP contribution >= 0.6 is 11.6 Å². The first-order chi connectivity index (χ1) is 9.08. The lowest BCUT2D eigenvalue weighted by atomic mass is 10.1. The Morgan fingerprint density at radius 2 is 2.37 bits per heavy atom. The first-order valence-corrected chi connectivity index (χ1v) is 6.73. The lowest BCUT2D eigenvalue weighted by Crippen LogP contribution is -2.57. The number of nitrogens with one attached hydrogen (secondary N) is 1. The standard InChI is InChI=1S/C13H19ClN4O/c1-17(2)13(19)11-8-15-6-7-18(11)9-10-4-3-5-12(14)16-10/h3-5,11,15H,6-9H2,1-2H3. The van der Waals surface area contributed by atoms with Crippen molar-refractivity contribution in [2.24, 2.45) is 0 Å². The fraction of sp³-hybridized carbons (Fsp3) is 0.538. The topological polar surface area (TPSA) is 48.5 Å². The zero-order chi connectivity index (χ0) is 13.8. The molecule has 1 unspecified atom stereocenters. The number of nitrogens with zero attached hydrogens (tertiary/aromatic N) is 3. The number of pyridine rings is 1. The molecule has 1 fully saturated rings. The Morgan fingerprint density at radius 3 is 3.05 bits per heavy atom. The molecule has 104 valence electrons. The van der Waals surface area contributed by atoms with E-state index < -0.39 is 0 Å². The average molecular weight is 283 g/mol. The van der Waals surface area contributed by atoms with Gasteiger partial charge in [0, 0.05) is 40.3 Å². The Labute approximate surface area is 118 Å². The highest BCUT2D eigenvalue weighted by atomic mass is 35.5. The van der Waals surface area contributed by atoms with Gasteiger partial charge >= 0.3 is 0 Å². The van der Waals surface area contributed by atoms with E-state index in [0.717, 1.165) is 18.8 Å². The Bertz CT molecular complexity index is 452. The summed E-state index contributed by atoms with van der Waals surface area (Å²) in [6.45, 7) is 3.04. The molecule has 0 saturated carbocycles. The summed E-state index contributed by atoms with van der Waals surface area (Å²) in [5.41, 5.74) is 0.894. The summed E-state index contributed by atoms with van der Waals surface area (Å²) in [5, 5.41) is 3.75. The van der Waals surface area contributed by atoms with Crippen molar-refractivity contribution < 1.29 is 4.79 Å². The van der Waals surface area contributed by atoms with Crippen molar-refractivity contribution in [1.29, 1.82) is 0 Å². The number of hydrogen-bond acceptors (Lipinski definition) is 4. The summed E-state index contributed by atoms with van der Waals surface area (Å²) >= 11 is 5.89. The summed E-state index contributed by atoms with van der Waals surface area (Å²) in [7, 11) is 3.57. The SMILES string of the molecule is CN(C)C(=O)C1CNCCN1Cc1cccc(Cl)n1. The maximum atomic E-state index is 12.2. The molecule has 1 saturated heterocycles. The monoisotopic (exact) mass is 282 g/mol. The van der Waals surface area contributed by atoms with E-state index in [-0.39, 0.29) is 11.9 Å². The summed E-state index contributed by atoms with van der Waals surface area (Å²) in [6, 6.07) is 5.44. The summed E-state index contributed by atoms with van der Waals surface area (Å²) in [4.78, 5) is 20.2. The van der Waals surface area contributed by atoms with Crippen LogP contribution in [0.15, 0.2) is 18.2 Å². The van der Waals surface area contributed by atoms with Crippen LogP contribution in [0, 0.1) is 0 Å². The third-order valence-electron chi connectivity index (χ3n) is 3.22. The molecule has 1 atom stereocenters. The minimum atomic E-state index is -0.135. The van der Waals surface area contributed by atoms with Gasteiger partial charge in [-0.15, -0.1) is 0 Å². The van der Waals surface area contributed by atoms with Crippen molar-refractivity contribution in [3.63, 3.8) is 0 Å². The van der Waals surface area contributed by atoms with Gasteiger partial charge in [-0.05, 0) is 12.1 Å². The third-order valence-corrected chi connectivity index (χ3v) is 3.43. The normalized spacial score (nSPS) is 20.3. The van der Waals surface area contributed by atoms with Crippen LogP contribution in [0.4, 0.5) is 0 Å². The zero-order valence-corrected chi connectivity index (χ0v) is 12.0. The molecule has 19 heavy (non-hydrogen) atoms. The van der Waals surface area contributed by atoms with Gasteiger partial charge in [0.15, 0.2) is 0 Å². The van der Waals surface area contributed by atoms with Gasteiger partial charge in [0.25, 0.3) is 0 Å². The van der Waals surface area contributed by atoms with Crippen molar-refractivity contribution >= 4 is 17.5 Å². The van der Waals surface area contributed by atoms with E-state index in [0.29, 0.717) is 18.2 Å². The molecule has 0 radical (unpaired) electrons. The second-order valence-corrected chi connectivity index (χ2v) is 5.26. The Morgan fingerprint density at radius 1 is 1.58 bits per heavy atom. The van der Waals surface area contributed by atoms with Gasteiger partial charge in [-0.2, -0.15) is 0 Å². The number of piperazine rings is 1. The van der Waals surface area contributed by atoms with Crippen LogP contribution in [0.3, 0.4) is 0 Å². The number of aromatic nitrogens is 1. The fourth-order valence-electron chi connectivity index (χ4n) is 2.22. The maximum Gasteiger partial charge on any atom is 0.240 e. The first-order valence-electron chi connectivity index (χ1n) is 6.35. The Kier molecular flexibility index (Phi) is 4.74. The van der Waals surface area contributed by atoms with Gasteiger partial charge in [0.05, 0.1) is 5.69 Å². The van der Waals surface area contributed by atoms with E-state index in [1.54, 1.807) is 25.1 Å². The number of hydrogen-bond donors (Lipinski definition) is 1. The quantitative estimate of drug-likeness (QED) is 0.825. The first kappa shape index (κ1) is 14.2. The van der Waals surface area contributed by atoms with Gasteiger partial charge in [0.2, 0.25) is 5.91 Å². The van der Waals surface area contributed by atoms with Gasteiger partial charge in [-0.3, -0.25) is 9.69 Å². The third kappa shape index (κ3) is 3.65. The largest absolute Gasteiger partial charge is 0.347 e. The number of halogens is 1. The van der Waals surface area contributed by atoms with Crippen LogP contribution in [0.5, 0.6) is 0 Å². The minimum Gasteiger partial charge on any atom is -0.347 e. The predicted molar refractivity (Wildman–Crippen MR) is 75.0 cm³/mol. The van der Waals surface area contributed by atoms with Gasteiger partial charge in [-0.25, -0.2) is 4.98 Å². The van der Waals surface area contributed by atoms with Crippen molar-refractivity contribution in [1.82, 2.24) is 20.1 Å². The maximum absolute atomic E-state index is 12.2. The molecule has 2 rings (SSSR count).